The highest BCUT2D eigenvalue weighted by Crippen LogP contribution is 2.22. The fraction of sp³-hybridized carbons (Fsp3) is 0.417. The number of halogens is 2. The summed E-state index contributed by atoms with van der Waals surface area (Å²) in [5.74, 6) is 0.282. The van der Waals surface area contributed by atoms with Gasteiger partial charge in [0.25, 0.3) is 5.91 Å². The molecule has 1 N–H and O–H groups in total. The van der Waals surface area contributed by atoms with Gasteiger partial charge in [0.2, 0.25) is 0 Å². The first-order valence-corrected chi connectivity index (χ1v) is 6.12. The molecule has 0 aliphatic carbocycles. The number of carbonyl (C=O) groups excluding carboxylic acids is 1. The molecular formula is C12H15Cl2NO2. The van der Waals surface area contributed by atoms with Crippen LogP contribution in [0.5, 0.6) is 5.75 Å². The van der Waals surface area contributed by atoms with Gasteiger partial charge in [0, 0.05) is 16.9 Å². The topological polar surface area (TPSA) is 38.3 Å². The molecule has 0 aromatic heterocycles. The number of ether oxygens (including phenoxy) is 1. The molecule has 0 radical (unpaired) electrons. The van der Waals surface area contributed by atoms with Gasteiger partial charge in [-0.15, -0.1) is 11.6 Å². The molecular weight excluding hydrogens is 261 g/mol. The molecule has 3 nitrogen and oxygen atoms in total. The lowest BCUT2D eigenvalue weighted by Gasteiger charge is -2.10. The third-order valence-corrected chi connectivity index (χ3v) is 2.69. The zero-order chi connectivity index (χ0) is 12.8. The van der Waals surface area contributed by atoms with Crippen molar-refractivity contribution in [2.45, 2.75) is 18.7 Å². The number of methoxy groups -OCH3 is 1. The number of alkyl halides is 1. The Hall–Kier alpha value is -0.930. The molecule has 1 aromatic rings. The molecule has 0 aliphatic rings. The van der Waals surface area contributed by atoms with Gasteiger partial charge in [-0.25, -0.2) is 0 Å². The van der Waals surface area contributed by atoms with E-state index >= 15 is 0 Å². The number of hydrogen-bond donors (Lipinski definition) is 1. The molecule has 1 aromatic carbocycles. The van der Waals surface area contributed by atoms with Gasteiger partial charge in [-0.05, 0) is 31.5 Å². The van der Waals surface area contributed by atoms with Gasteiger partial charge < -0.3 is 10.1 Å². The standard InChI is InChI=1S/C12H15Cl2NO2/c1-8(13)5-6-15-12(16)10-4-3-9(14)7-11(10)17-2/h3-4,7-8H,5-6H2,1-2H3,(H,15,16). The summed E-state index contributed by atoms with van der Waals surface area (Å²) in [6.45, 7) is 2.42. The Balaban J connectivity index is 2.68. The van der Waals surface area contributed by atoms with E-state index in [1.165, 1.54) is 7.11 Å². The summed E-state index contributed by atoms with van der Waals surface area (Å²) in [4.78, 5) is 11.8. The number of hydrogen-bond acceptors (Lipinski definition) is 2. The lowest BCUT2D eigenvalue weighted by molar-refractivity contribution is 0.0950. The molecule has 1 amide bonds. The van der Waals surface area contributed by atoms with Crippen molar-refractivity contribution in [1.82, 2.24) is 5.32 Å². The molecule has 0 aliphatic heterocycles. The van der Waals surface area contributed by atoms with Crippen LogP contribution in [0.2, 0.25) is 5.02 Å². The summed E-state index contributed by atoms with van der Waals surface area (Å²) in [6, 6.07) is 4.91. The fourth-order valence-electron chi connectivity index (χ4n) is 1.33. The molecule has 5 heteroatoms. The summed E-state index contributed by atoms with van der Waals surface area (Å²) in [5.41, 5.74) is 0.471. The maximum Gasteiger partial charge on any atom is 0.255 e. The van der Waals surface area contributed by atoms with Gasteiger partial charge in [-0.2, -0.15) is 0 Å². The van der Waals surface area contributed by atoms with Crippen LogP contribution in [0, 0.1) is 0 Å². The van der Waals surface area contributed by atoms with Crippen LogP contribution < -0.4 is 10.1 Å². The molecule has 1 unspecified atom stereocenters. The maximum atomic E-state index is 11.8. The van der Waals surface area contributed by atoms with E-state index in [-0.39, 0.29) is 11.3 Å². The average Bonchev–Trinajstić information content (AvgIpc) is 2.28. The van der Waals surface area contributed by atoms with E-state index in [9.17, 15) is 4.79 Å². The SMILES string of the molecule is COc1cc(Cl)ccc1C(=O)NCCC(C)Cl. The van der Waals surface area contributed by atoms with Gasteiger partial charge >= 0.3 is 0 Å². The number of amides is 1. The van der Waals surface area contributed by atoms with Crippen LogP contribution in [0.25, 0.3) is 0 Å². The first kappa shape index (κ1) is 14.1. The van der Waals surface area contributed by atoms with Crippen LogP contribution in [0.15, 0.2) is 18.2 Å². The molecule has 17 heavy (non-hydrogen) atoms. The second-order valence-electron chi connectivity index (χ2n) is 3.67. The van der Waals surface area contributed by atoms with E-state index < -0.39 is 0 Å². The zero-order valence-corrected chi connectivity index (χ0v) is 11.3. The Bertz CT molecular complexity index is 394. The second-order valence-corrected chi connectivity index (χ2v) is 4.85. The Morgan fingerprint density at radius 1 is 1.53 bits per heavy atom. The van der Waals surface area contributed by atoms with Crippen molar-refractivity contribution >= 4 is 29.1 Å². The Morgan fingerprint density at radius 3 is 2.82 bits per heavy atom. The average molecular weight is 276 g/mol. The summed E-state index contributed by atoms with van der Waals surface area (Å²) in [6.07, 6.45) is 0.725. The van der Waals surface area contributed by atoms with Crippen molar-refractivity contribution in [2.24, 2.45) is 0 Å². The highest BCUT2D eigenvalue weighted by molar-refractivity contribution is 6.30. The molecule has 0 saturated heterocycles. The monoisotopic (exact) mass is 275 g/mol. The zero-order valence-electron chi connectivity index (χ0n) is 9.80. The summed E-state index contributed by atoms with van der Waals surface area (Å²) in [7, 11) is 1.50. The summed E-state index contributed by atoms with van der Waals surface area (Å²) < 4.78 is 5.10. The molecule has 0 bridgehead atoms. The van der Waals surface area contributed by atoms with Crippen molar-refractivity contribution in [3.63, 3.8) is 0 Å². The Kier molecular flexibility index (Phi) is 5.59. The Morgan fingerprint density at radius 2 is 2.24 bits per heavy atom. The second kappa shape index (κ2) is 6.72. The fourth-order valence-corrected chi connectivity index (χ4v) is 1.60. The van der Waals surface area contributed by atoms with E-state index in [2.05, 4.69) is 5.32 Å². The van der Waals surface area contributed by atoms with E-state index in [4.69, 9.17) is 27.9 Å². The van der Waals surface area contributed by atoms with Crippen molar-refractivity contribution in [1.29, 1.82) is 0 Å². The highest BCUT2D eigenvalue weighted by Gasteiger charge is 2.12. The molecule has 94 valence electrons. The van der Waals surface area contributed by atoms with Gasteiger partial charge in [0.15, 0.2) is 0 Å². The minimum absolute atomic E-state index is 0.0439. The summed E-state index contributed by atoms with van der Waals surface area (Å²) in [5, 5.41) is 3.36. The van der Waals surface area contributed by atoms with Gasteiger partial charge in [0.05, 0.1) is 12.7 Å². The molecule has 1 atom stereocenters. The molecule has 1 rings (SSSR count). The Labute approximate surface area is 111 Å². The highest BCUT2D eigenvalue weighted by atomic mass is 35.5. The van der Waals surface area contributed by atoms with E-state index in [1.807, 2.05) is 6.92 Å². The number of carbonyl (C=O) groups is 1. The van der Waals surface area contributed by atoms with Gasteiger partial charge in [-0.3, -0.25) is 4.79 Å². The number of rotatable bonds is 5. The predicted octanol–water partition coefficient (Wildman–Crippen LogP) is 3.10. The van der Waals surface area contributed by atoms with Crippen LogP contribution in [-0.2, 0) is 0 Å². The third-order valence-electron chi connectivity index (χ3n) is 2.24. The quantitative estimate of drug-likeness (QED) is 0.839. The van der Waals surface area contributed by atoms with Crippen molar-refractivity contribution in [3.8, 4) is 5.75 Å². The van der Waals surface area contributed by atoms with Crippen molar-refractivity contribution in [3.05, 3.63) is 28.8 Å². The van der Waals surface area contributed by atoms with Crippen molar-refractivity contribution < 1.29 is 9.53 Å². The van der Waals surface area contributed by atoms with Crippen molar-refractivity contribution in [2.75, 3.05) is 13.7 Å². The third kappa shape index (κ3) is 4.44. The maximum absolute atomic E-state index is 11.8. The lowest BCUT2D eigenvalue weighted by atomic mass is 10.2. The molecule has 0 spiro atoms. The predicted molar refractivity (Wildman–Crippen MR) is 70.3 cm³/mol. The number of benzene rings is 1. The smallest absolute Gasteiger partial charge is 0.255 e. The molecule has 0 fully saturated rings. The van der Waals surface area contributed by atoms with Gasteiger partial charge in [0.1, 0.15) is 5.75 Å². The number of nitrogens with one attached hydrogen (secondary N) is 1. The van der Waals surface area contributed by atoms with E-state index in [1.54, 1.807) is 18.2 Å². The minimum atomic E-state index is -0.184. The minimum Gasteiger partial charge on any atom is -0.496 e. The first-order valence-electron chi connectivity index (χ1n) is 5.30. The van der Waals surface area contributed by atoms with Gasteiger partial charge in [-0.1, -0.05) is 11.6 Å². The van der Waals surface area contributed by atoms with E-state index in [0.717, 1.165) is 6.42 Å². The molecule has 0 heterocycles. The molecule has 0 saturated carbocycles. The van der Waals surface area contributed by atoms with Crippen LogP contribution in [-0.4, -0.2) is 24.9 Å². The first-order chi connectivity index (χ1) is 8.04. The van der Waals surface area contributed by atoms with E-state index in [0.29, 0.717) is 22.9 Å². The normalized spacial score (nSPS) is 12.0. The lowest BCUT2D eigenvalue weighted by Crippen LogP contribution is -2.26. The van der Waals surface area contributed by atoms with Crippen LogP contribution in [0.4, 0.5) is 0 Å². The summed E-state index contributed by atoms with van der Waals surface area (Å²) >= 11 is 11.6. The van der Waals surface area contributed by atoms with Crippen LogP contribution >= 0.6 is 23.2 Å². The van der Waals surface area contributed by atoms with Crippen LogP contribution in [0.1, 0.15) is 23.7 Å². The van der Waals surface area contributed by atoms with Crippen LogP contribution in [0.3, 0.4) is 0 Å². The largest absolute Gasteiger partial charge is 0.496 e.